The maximum Gasteiger partial charge on any atom is 0.339 e. The van der Waals surface area contributed by atoms with E-state index in [-0.39, 0.29) is 11.9 Å². The van der Waals surface area contributed by atoms with Crippen molar-refractivity contribution in [1.29, 1.82) is 0 Å². The Bertz CT molecular complexity index is 1000. The molecule has 152 valence electrons. The first kappa shape index (κ1) is 19.7. The molecule has 0 heterocycles. The Morgan fingerprint density at radius 2 is 1.60 bits per heavy atom. The maximum absolute atomic E-state index is 12.8. The summed E-state index contributed by atoms with van der Waals surface area (Å²) in [5, 5.41) is 2.92. The van der Waals surface area contributed by atoms with Gasteiger partial charge in [0.25, 0.3) is 5.91 Å². The normalized spacial score (nSPS) is 13.9. The molecule has 0 aliphatic heterocycles. The Hall–Kier alpha value is -3.60. The van der Waals surface area contributed by atoms with Gasteiger partial charge in [-0.2, -0.15) is 0 Å². The Morgan fingerprint density at radius 3 is 2.30 bits per heavy atom. The van der Waals surface area contributed by atoms with Crippen LogP contribution in [-0.2, 0) is 16.1 Å². The van der Waals surface area contributed by atoms with Gasteiger partial charge in [-0.15, -0.1) is 0 Å². The van der Waals surface area contributed by atoms with Crippen LogP contribution in [0.15, 0.2) is 84.9 Å². The molecule has 5 heteroatoms. The van der Waals surface area contributed by atoms with Crippen molar-refractivity contribution in [3.8, 4) is 5.75 Å². The third-order valence-corrected chi connectivity index (χ3v) is 4.81. The lowest BCUT2D eigenvalue weighted by Crippen LogP contribution is -2.33. The molecule has 3 aromatic carbocycles. The minimum atomic E-state index is -0.992. The van der Waals surface area contributed by atoms with E-state index in [1.807, 2.05) is 48.5 Å². The van der Waals surface area contributed by atoms with Crippen LogP contribution in [0.5, 0.6) is 5.75 Å². The van der Waals surface area contributed by atoms with E-state index in [2.05, 4.69) is 5.32 Å². The van der Waals surface area contributed by atoms with Gasteiger partial charge in [-0.1, -0.05) is 66.7 Å². The minimum Gasteiger partial charge on any atom is -0.489 e. The maximum atomic E-state index is 12.8. The van der Waals surface area contributed by atoms with E-state index in [0.29, 0.717) is 23.5 Å². The van der Waals surface area contributed by atoms with Crippen LogP contribution >= 0.6 is 0 Å². The highest BCUT2D eigenvalue weighted by atomic mass is 16.5. The highest BCUT2D eigenvalue weighted by Gasteiger charge is 2.31. The average molecular weight is 401 g/mol. The lowest BCUT2D eigenvalue weighted by molar-refractivity contribution is -0.130. The van der Waals surface area contributed by atoms with E-state index in [1.165, 1.54) is 0 Å². The van der Waals surface area contributed by atoms with Crippen LogP contribution in [0, 0.1) is 0 Å². The largest absolute Gasteiger partial charge is 0.489 e. The Balaban J connectivity index is 1.46. The molecule has 0 spiro atoms. The molecule has 0 unspecified atom stereocenters. The average Bonchev–Trinajstić information content (AvgIpc) is 3.61. The summed E-state index contributed by atoms with van der Waals surface area (Å²) in [6.45, 7) is 0.399. The monoisotopic (exact) mass is 401 g/mol. The predicted molar refractivity (Wildman–Crippen MR) is 113 cm³/mol. The number of esters is 1. The summed E-state index contributed by atoms with van der Waals surface area (Å²) in [6, 6.07) is 25.8. The number of nitrogens with one attached hydrogen (secondary N) is 1. The van der Waals surface area contributed by atoms with Gasteiger partial charge >= 0.3 is 5.97 Å². The fourth-order valence-corrected chi connectivity index (χ4v) is 3.03. The number of hydrogen-bond acceptors (Lipinski definition) is 4. The van der Waals surface area contributed by atoms with E-state index in [9.17, 15) is 9.59 Å². The molecule has 1 aliphatic carbocycles. The van der Waals surface area contributed by atoms with Crippen molar-refractivity contribution in [1.82, 2.24) is 5.32 Å². The summed E-state index contributed by atoms with van der Waals surface area (Å²) in [6.07, 6.45) is 0.928. The second kappa shape index (κ2) is 9.27. The van der Waals surface area contributed by atoms with Crippen molar-refractivity contribution < 1.29 is 19.1 Å². The molecule has 0 aromatic heterocycles. The van der Waals surface area contributed by atoms with Gasteiger partial charge in [0.05, 0.1) is 5.56 Å². The van der Waals surface area contributed by atoms with Gasteiger partial charge in [-0.3, -0.25) is 4.79 Å². The zero-order chi connectivity index (χ0) is 20.8. The summed E-state index contributed by atoms with van der Waals surface area (Å²) >= 11 is 0. The summed E-state index contributed by atoms with van der Waals surface area (Å²) in [5.41, 5.74) is 2.01. The summed E-state index contributed by atoms with van der Waals surface area (Å²) in [4.78, 5) is 25.5. The first-order valence-corrected chi connectivity index (χ1v) is 10.0. The topological polar surface area (TPSA) is 64.6 Å². The fraction of sp³-hybridized carbons (Fsp3) is 0.200. The molecule has 4 rings (SSSR count). The first-order chi connectivity index (χ1) is 14.7. The summed E-state index contributed by atoms with van der Waals surface area (Å²) in [7, 11) is 0. The van der Waals surface area contributed by atoms with Crippen LogP contribution in [-0.4, -0.2) is 17.9 Å². The van der Waals surface area contributed by atoms with Crippen molar-refractivity contribution in [2.75, 3.05) is 0 Å². The van der Waals surface area contributed by atoms with E-state index in [4.69, 9.17) is 9.47 Å². The third-order valence-electron chi connectivity index (χ3n) is 4.81. The molecule has 0 radical (unpaired) electrons. The standard InChI is InChI=1S/C25H23NO4/c27-24(26-21-14-15-21)23(19-10-5-2-6-11-19)30-25(28)20-12-7-13-22(16-20)29-17-18-8-3-1-4-9-18/h1-13,16,21,23H,14-15,17H2,(H,26,27)/t23-/m0/s1. The molecular formula is C25H23NO4. The van der Waals surface area contributed by atoms with Gasteiger partial charge < -0.3 is 14.8 Å². The second-order valence-corrected chi connectivity index (χ2v) is 7.28. The molecule has 1 fully saturated rings. The second-order valence-electron chi connectivity index (χ2n) is 7.28. The molecule has 0 saturated heterocycles. The first-order valence-electron chi connectivity index (χ1n) is 10.0. The van der Waals surface area contributed by atoms with E-state index in [0.717, 1.165) is 18.4 Å². The molecule has 5 nitrogen and oxygen atoms in total. The Kier molecular flexibility index (Phi) is 6.09. The number of carbonyl (C=O) groups excluding carboxylic acids is 2. The number of benzene rings is 3. The molecule has 1 saturated carbocycles. The SMILES string of the molecule is O=C(O[C@H](C(=O)NC1CC1)c1ccccc1)c1cccc(OCc2ccccc2)c1. The molecule has 1 atom stereocenters. The third kappa shape index (κ3) is 5.26. The smallest absolute Gasteiger partial charge is 0.339 e. The summed E-state index contributed by atoms with van der Waals surface area (Å²) < 4.78 is 11.4. The minimum absolute atomic E-state index is 0.178. The van der Waals surface area contributed by atoms with Crippen LogP contribution in [0.1, 0.15) is 40.4 Å². The molecular weight excluding hydrogens is 378 g/mol. The van der Waals surface area contributed by atoms with Gasteiger partial charge in [0.1, 0.15) is 12.4 Å². The number of hydrogen-bond donors (Lipinski definition) is 1. The predicted octanol–water partition coefficient (Wildman–Crippen LogP) is 4.44. The summed E-state index contributed by atoms with van der Waals surface area (Å²) in [5.74, 6) is -0.305. The Labute approximate surface area is 175 Å². The number of amides is 1. The van der Waals surface area contributed by atoms with Gasteiger partial charge in [0.2, 0.25) is 6.10 Å². The van der Waals surface area contributed by atoms with Gasteiger partial charge in [0.15, 0.2) is 0 Å². The molecule has 3 aromatic rings. The van der Waals surface area contributed by atoms with Crippen molar-refractivity contribution in [3.05, 3.63) is 102 Å². The van der Waals surface area contributed by atoms with Crippen molar-refractivity contribution in [2.45, 2.75) is 31.6 Å². The van der Waals surface area contributed by atoms with Crippen LogP contribution in [0.25, 0.3) is 0 Å². The van der Waals surface area contributed by atoms with E-state index in [1.54, 1.807) is 36.4 Å². The quantitative estimate of drug-likeness (QED) is 0.567. The molecule has 1 N–H and O–H groups in total. The molecule has 30 heavy (non-hydrogen) atoms. The molecule has 1 amide bonds. The highest BCUT2D eigenvalue weighted by molar-refractivity contribution is 5.93. The number of ether oxygens (including phenoxy) is 2. The highest BCUT2D eigenvalue weighted by Crippen LogP contribution is 2.25. The number of carbonyl (C=O) groups is 2. The van der Waals surface area contributed by atoms with E-state index < -0.39 is 12.1 Å². The van der Waals surface area contributed by atoms with Gasteiger partial charge in [-0.25, -0.2) is 4.79 Å². The zero-order valence-electron chi connectivity index (χ0n) is 16.5. The van der Waals surface area contributed by atoms with Crippen molar-refractivity contribution in [2.24, 2.45) is 0 Å². The zero-order valence-corrected chi connectivity index (χ0v) is 16.5. The van der Waals surface area contributed by atoms with E-state index >= 15 is 0 Å². The van der Waals surface area contributed by atoms with Crippen LogP contribution < -0.4 is 10.1 Å². The van der Waals surface area contributed by atoms with Crippen molar-refractivity contribution >= 4 is 11.9 Å². The fourth-order valence-electron chi connectivity index (χ4n) is 3.03. The van der Waals surface area contributed by atoms with Gasteiger partial charge in [0, 0.05) is 11.6 Å². The van der Waals surface area contributed by atoms with Crippen molar-refractivity contribution in [3.63, 3.8) is 0 Å². The van der Waals surface area contributed by atoms with Crippen LogP contribution in [0.4, 0.5) is 0 Å². The van der Waals surface area contributed by atoms with Gasteiger partial charge in [-0.05, 0) is 36.6 Å². The lowest BCUT2D eigenvalue weighted by Gasteiger charge is -2.18. The molecule has 1 aliphatic rings. The Morgan fingerprint density at radius 1 is 0.900 bits per heavy atom. The lowest BCUT2D eigenvalue weighted by atomic mass is 10.1. The van der Waals surface area contributed by atoms with Crippen LogP contribution in [0.3, 0.4) is 0 Å². The molecule has 0 bridgehead atoms. The van der Waals surface area contributed by atoms with Crippen LogP contribution in [0.2, 0.25) is 0 Å². The number of rotatable bonds is 8.